The lowest BCUT2D eigenvalue weighted by molar-refractivity contribution is 0.471. The minimum atomic E-state index is 0.297. The average Bonchev–Trinajstić information content (AvgIpc) is 2.74. The van der Waals surface area contributed by atoms with Crippen molar-refractivity contribution in [1.82, 2.24) is 0 Å². The lowest BCUT2D eigenvalue weighted by atomic mass is 10.2. The van der Waals surface area contributed by atoms with Gasteiger partial charge in [-0.2, -0.15) is 0 Å². The summed E-state index contributed by atoms with van der Waals surface area (Å²) in [5.41, 5.74) is 1.76. The van der Waals surface area contributed by atoms with Crippen LogP contribution in [0.4, 0.5) is 11.6 Å². The van der Waals surface area contributed by atoms with E-state index < -0.39 is 0 Å². The number of hydrogen-bond donors (Lipinski definition) is 1. The van der Waals surface area contributed by atoms with Crippen LogP contribution < -0.4 is 4.90 Å². The van der Waals surface area contributed by atoms with Crippen molar-refractivity contribution in [2.24, 2.45) is 0 Å². The third kappa shape index (κ3) is 1.81. The second-order valence-corrected chi connectivity index (χ2v) is 3.48. The summed E-state index contributed by atoms with van der Waals surface area (Å²) in [5, 5.41) is 9.59. The molecule has 2 rings (SSSR count). The topological polar surface area (TPSA) is 36.6 Å². The Morgan fingerprint density at radius 3 is 2.67 bits per heavy atom. The molecule has 0 fully saturated rings. The van der Waals surface area contributed by atoms with Crippen molar-refractivity contribution >= 4 is 11.6 Å². The fourth-order valence-corrected chi connectivity index (χ4v) is 1.39. The zero-order valence-electron chi connectivity index (χ0n) is 8.77. The highest BCUT2D eigenvalue weighted by Crippen LogP contribution is 2.28. The molecule has 3 heteroatoms. The number of benzene rings is 1. The van der Waals surface area contributed by atoms with E-state index in [2.05, 4.69) is 0 Å². The maximum absolute atomic E-state index is 9.59. The first kappa shape index (κ1) is 9.65. The molecule has 0 spiro atoms. The quantitative estimate of drug-likeness (QED) is 0.814. The summed E-state index contributed by atoms with van der Waals surface area (Å²) in [7, 11) is 1.89. The van der Waals surface area contributed by atoms with Crippen molar-refractivity contribution in [2.45, 2.75) is 6.92 Å². The van der Waals surface area contributed by atoms with Crippen LogP contribution in [0.5, 0.6) is 5.75 Å². The number of phenolic OH excluding ortho intramolecular Hbond substituents is 1. The maximum Gasteiger partial charge on any atom is 0.199 e. The highest BCUT2D eigenvalue weighted by Gasteiger charge is 2.07. The van der Waals surface area contributed by atoms with Gasteiger partial charge in [0.05, 0.1) is 6.26 Å². The molecular formula is C12H13NO2. The van der Waals surface area contributed by atoms with Gasteiger partial charge in [0, 0.05) is 24.9 Å². The van der Waals surface area contributed by atoms with E-state index in [1.807, 2.05) is 43.1 Å². The SMILES string of the molecule is Cc1ccc(N(C)c2ccco2)cc1O. The van der Waals surface area contributed by atoms with Crippen LogP contribution in [-0.4, -0.2) is 12.2 Å². The summed E-state index contributed by atoms with van der Waals surface area (Å²) in [6.07, 6.45) is 1.62. The van der Waals surface area contributed by atoms with Crippen LogP contribution in [0.25, 0.3) is 0 Å². The van der Waals surface area contributed by atoms with E-state index in [0.717, 1.165) is 17.1 Å². The van der Waals surface area contributed by atoms with Crippen molar-refractivity contribution in [1.29, 1.82) is 0 Å². The molecule has 2 aromatic rings. The van der Waals surface area contributed by atoms with Gasteiger partial charge < -0.3 is 14.4 Å². The van der Waals surface area contributed by atoms with Gasteiger partial charge in [-0.15, -0.1) is 0 Å². The molecule has 0 radical (unpaired) electrons. The third-order valence-electron chi connectivity index (χ3n) is 2.42. The standard InChI is InChI=1S/C12H13NO2/c1-9-5-6-10(8-11(9)14)13(2)12-4-3-7-15-12/h3-8,14H,1-2H3. The molecule has 0 atom stereocenters. The van der Waals surface area contributed by atoms with E-state index in [9.17, 15) is 5.11 Å². The van der Waals surface area contributed by atoms with Gasteiger partial charge in [-0.1, -0.05) is 6.07 Å². The van der Waals surface area contributed by atoms with E-state index in [1.165, 1.54) is 0 Å². The Hall–Kier alpha value is -1.90. The Labute approximate surface area is 88.6 Å². The van der Waals surface area contributed by atoms with Crippen molar-refractivity contribution < 1.29 is 9.52 Å². The fourth-order valence-electron chi connectivity index (χ4n) is 1.39. The smallest absolute Gasteiger partial charge is 0.199 e. The van der Waals surface area contributed by atoms with Gasteiger partial charge in [-0.3, -0.25) is 0 Å². The number of aryl methyl sites for hydroxylation is 1. The van der Waals surface area contributed by atoms with Crippen molar-refractivity contribution in [2.75, 3.05) is 11.9 Å². The normalized spacial score (nSPS) is 10.3. The number of anilines is 2. The lowest BCUT2D eigenvalue weighted by Crippen LogP contribution is -2.07. The number of hydrogen-bond acceptors (Lipinski definition) is 3. The van der Waals surface area contributed by atoms with Crippen LogP contribution >= 0.6 is 0 Å². The number of rotatable bonds is 2. The molecule has 0 aliphatic carbocycles. The molecule has 0 unspecified atom stereocenters. The minimum Gasteiger partial charge on any atom is -0.508 e. The predicted octanol–water partition coefficient (Wildman–Crippen LogP) is 3.06. The van der Waals surface area contributed by atoms with Crippen LogP contribution in [0.2, 0.25) is 0 Å². The second-order valence-electron chi connectivity index (χ2n) is 3.48. The monoisotopic (exact) mass is 203 g/mol. The summed E-state index contributed by atoms with van der Waals surface area (Å²) in [5.74, 6) is 1.05. The van der Waals surface area contributed by atoms with Crippen LogP contribution in [-0.2, 0) is 0 Å². The molecule has 0 aliphatic heterocycles. The Balaban J connectivity index is 2.34. The predicted molar refractivity (Wildman–Crippen MR) is 59.6 cm³/mol. The fraction of sp³-hybridized carbons (Fsp3) is 0.167. The minimum absolute atomic E-state index is 0.297. The number of furan rings is 1. The first-order valence-electron chi connectivity index (χ1n) is 4.75. The third-order valence-corrected chi connectivity index (χ3v) is 2.42. The molecule has 0 bridgehead atoms. The molecule has 3 nitrogen and oxygen atoms in total. The maximum atomic E-state index is 9.59. The van der Waals surface area contributed by atoms with E-state index in [1.54, 1.807) is 12.3 Å². The van der Waals surface area contributed by atoms with Gasteiger partial charge in [0.25, 0.3) is 0 Å². The highest BCUT2D eigenvalue weighted by atomic mass is 16.3. The van der Waals surface area contributed by atoms with Gasteiger partial charge in [0.2, 0.25) is 0 Å². The zero-order chi connectivity index (χ0) is 10.8. The second kappa shape index (κ2) is 3.69. The lowest BCUT2D eigenvalue weighted by Gasteiger charge is -2.16. The summed E-state index contributed by atoms with van der Waals surface area (Å²) >= 11 is 0. The first-order valence-corrected chi connectivity index (χ1v) is 4.75. The number of aromatic hydroxyl groups is 1. The molecule has 0 saturated carbocycles. The Morgan fingerprint density at radius 2 is 2.07 bits per heavy atom. The van der Waals surface area contributed by atoms with Gasteiger partial charge in [0.15, 0.2) is 5.88 Å². The molecule has 0 amide bonds. The van der Waals surface area contributed by atoms with Gasteiger partial charge in [0.1, 0.15) is 5.75 Å². The Morgan fingerprint density at radius 1 is 1.27 bits per heavy atom. The molecule has 0 saturated heterocycles. The molecule has 1 heterocycles. The molecule has 78 valence electrons. The van der Waals surface area contributed by atoms with Crippen LogP contribution in [0.3, 0.4) is 0 Å². The largest absolute Gasteiger partial charge is 0.508 e. The summed E-state index contributed by atoms with van der Waals surface area (Å²) < 4.78 is 5.26. The van der Waals surface area contributed by atoms with Crippen molar-refractivity contribution in [3.8, 4) is 5.75 Å². The highest BCUT2D eigenvalue weighted by molar-refractivity contribution is 5.60. The number of phenols is 1. The first-order chi connectivity index (χ1) is 7.18. The van der Waals surface area contributed by atoms with Crippen LogP contribution in [0.15, 0.2) is 41.0 Å². The molecular weight excluding hydrogens is 190 g/mol. The van der Waals surface area contributed by atoms with Gasteiger partial charge in [-0.05, 0) is 24.6 Å². The molecule has 1 aromatic carbocycles. The van der Waals surface area contributed by atoms with Crippen LogP contribution in [0, 0.1) is 6.92 Å². The summed E-state index contributed by atoms with van der Waals surface area (Å²) in [6.45, 7) is 1.87. The Bertz CT molecular complexity index is 449. The molecule has 1 N–H and O–H groups in total. The van der Waals surface area contributed by atoms with E-state index >= 15 is 0 Å². The van der Waals surface area contributed by atoms with E-state index in [4.69, 9.17) is 4.42 Å². The number of nitrogens with zero attached hydrogens (tertiary/aromatic N) is 1. The van der Waals surface area contributed by atoms with E-state index in [-0.39, 0.29) is 0 Å². The van der Waals surface area contributed by atoms with Crippen molar-refractivity contribution in [3.05, 3.63) is 42.2 Å². The average molecular weight is 203 g/mol. The van der Waals surface area contributed by atoms with Crippen LogP contribution in [0.1, 0.15) is 5.56 Å². The van der Waals surface area contributed by atoms with E-state index in [0.29, 0.717) is 5.75 Å². The molecule has 15 heavy (non-hydrogen) atoms. The van der Waals surface area contributed by atoms with Gasteiger partial charge >= 0.3 is 0 Å². The van der Waals surface area contributed by atoms with Crippen molar-refractivity contribution in [3.63, 3.8) is 0 Å². The molecule has 1 aromatic heterocycles. The summed E-state index contributed by atoms with van der Waals surface area (Å²) in [4.78, 5) is 1.87. The Kier molecular flexibility index (Phi) is 2.37. The zero-order valence-corrected chi connectivity index (χ0v) is 8.77. The van der Waals surface area contributed by atoms with Gasteiger partial charge in [-0.25, -0.2) is 0 Å². The molecule has 0 aliphatic rings. The summed E-state index contributed by atoms with van der Waals surface area (Å²) in [6, 6.07) is 9.25.